The molecule has 2 N–H and O–H groups in total. The molecule has 0 saturated heterocycles. The van der Waals surface area contributed by atoms with Gasteiger partial charge < -0.3 is 15.1 Å². The van der Waals surface area contributed by atoms with Gasteiger partial charge in [0, 0.05) is 24.9 Å². The summed E-state index contributed by atoms with van der Waals surface area (Å²) >= 11 is 0. The van der Waals surface area contributed by atoms with Gasteiger partial charge in [-0.1, -0.05) is 0 Å². The lowest BCUT2D eigenvalue weighted by molar-refractivity contribution is -0.117. The van der Waals surface area contributed by atoms with Crippen LogP contribution in [0.2, 0.25) is 0 Å². The van der Waals surface area contributed by atoms with Gasteiger partial charge in [0.25, 0.3) is 0 Å². The van der Waals surface area contributed by atoms with Crippen LogP contribution >= 0.6 is 0 Å². The highest BCUT2D eigenvalue weighted by molar-refractivity contribution is 5.95. The maximum atomic E-state index is 14.0. The Morgan fingerprint density at radius 3 is 3.00 bits per heavy atom. The van der Waals surface area contributed by atoms with Crippen molar-refractivity contribution in [1.82, 2.24) is 0 Å². The number of benzene rings is 1. The van der Waals surface area contributed by atoms with E-state index in [1.54, 1.807) is 24.5 Å². The molecule has 1 aliphatic rings. The zero-order valence-electron chi connectivity index (χ0n) is 11.8. The van der Waals surface area contributed by atoms with Crippen molar-refractivity contribution in [1.29, 1.82) is 0 Å². The Balaban J connectivity index is 1.67. The molecule has 0 unspecified atom stereocenters. The molecule has 6 heteroatoms. The summed E-state index contributed by atoms with van der Waals surface area (Å²) in [6, 6.07) is 6.36. The van der Waals surface area contributed by atoms with E-state index >= 15 is 0 Å². The summed E-state index contributed by atoms with van der Waals surface area (Å²) in [5.74, 6) is -0.256. The highest BCUT2D eigenvalue weighted by Crippen LogP contribution is 2.28. The van der Waals surface area contributed by atoms with Gasteiger partial charge in [0.1, 0.15) is 11.6 Å². The second-order valence-electron chi connectivity index (χ2n) is 5.16. The molecule has 1 aromatic heterocycles. The number of halogens is 1. The number of carbonyl (C=O) groups is 2. The van der Waals surface area contributed by atoms with Gasteiger partial charge in [-0.05, 0) is 36.2 Å². The zero-order chi connectivity index (χ0) is 15.5. The van der Waals surface area contributed by atoms with Gasteiger partial charge in [-0.25, -0.2) is 4.39 Å². The highest BCUT2D eigenvalue weighted by atomic mass is 19.1. The summed E-state index contributed by atoms with van der Waals surface area (Å²) < 4.78 is 19.1. The minimum absolute atomic E-state index is 0.123. The molecule has 2 heterocycles. The van der Waals surface area contributed by atoms with E-state index in [1.165, 1.54) is 6.07 Å². The second kappa shape index (κ2) is 6.01. The van der Waals surface area contributed by atoms with Gasteiger partial charge in [0.2, 0.25) is 11.8 Å². The number of anilines is 2. The smallest absolute Gasteiger partial charge is 0.224 e. The van der Waals surface area contributed by atoms with Crippen LogP contribution in [-0.4, -0.2) is 11.8 Å². The lowest BCUT2D eigenvalue weighted by atomic mass is 10.0. The number of fused-ring (bicyclic) bond motifs is 1. The third-order valence-electron chi connectivity index (χ3n) is 3.54. The van der Waals surface area contributed by atoms with Crippen LogP contribution < -0.4 is 10.6 Å². The first kappa shape index (κ1) is 14.3. The molecule has 0 saturated carbocycles. The molecular formula is C16H15FN2O3. The van der Waals surface area contributed by atoms with E-state index in [-0.39, 0.29) is 23.9 Å². The van der Waals surface area contributed by atoms with Crippen LogP contribution in [0.4, 0.5) is 15.8 Å². The quantitative estimate of drug-likeness (QED) is 0.912. The molecule has 0 spiro atoms. The summed E-state index contributed by atoms with van der Waals surface area (Å²) in [6.45, 7) is 0. The summed E-state index contributed by atoms with van der Waals surface area (Å²) in [5.41, 5.74) is 1.43. The Bertz CT molecular complexity index is 710. The first-order chi connectivity index (χ1) is 10.6. The zero-order valence-corrected chi connectivity index (χ0v) is 11.8. The Morgan fingerprint density at radius 1 is 1.36 bits per heavy atom. The lowest BCUT2D eigenvalue weighted by Crippen LogP contribution is -2.20. The average molecular weight is 302 g/mol. The van der Waals surface area contributed by atoms with Crippen molar-refractivity contribution >= 4 is 23.2 Å². The fourth-order valence-corrected chi connectivity index (χ4v) is 2.40. The molecule has 0 radical (unpaired) electrons. The van der Waals surface area contributed by atoms with Gasteiger partial charge in [0.05, 0.1) is 12.0 Å². The van der Waals surface area contributed by atoms with E-state index in [4.69, 9.17) is 4.42 Å². The topological polar surface area (TPSA) is 71.3 Å². The summed E-state index contributed by atoms with van der Waals surface area (Å²) in [6.07, 6.45) is 3.12. The summed E-state index contributed by atoms with van der Waals surface area (Å²) in [4.78, 5) is 23.2. The summed E-state index contributed by atoms with van der Waals surface area (Å²) in [7, 11) is 0. The van der Waals surface area contributed by atoms with E-state index in [9.17, 15) is 14.0 Å². The third-order valence-corrected chi connectivity index (χ3v) is 3.54. The van der Waals surface area contributed by atoms with E-state index in [0.29, 0.717) is 30.7 Å². The molecule has 3 rings (SSSR count). The molecule has 0 bridgehead atoms. The maximum Gasteiger partial charge on any atom is 0.224 e. The van der Waals surface area contributed by atoms with Crippen LogP contribution in [0, 0.1) is 5.82 Å². The molecule has 5 nitrogen and oxygen atoms in total. The van der Waals surface area contributed by atoms with E-state index in [0.717, 1.165) is 5.56 Å². The van der Waals surface area contributed by atoms with Crippen molar-refractivity contribution in [2.24, 2.45) is 0 Å². The van der Waals surface area contributed by atoms with Crippen molar-refractivity contribution in [3.05, 3.63) is 47.7 Å². The predicted molar refractivity (Wildman–Crippen MR) is 79.0 cm³/mol. The van der Waals surface area contributed by atoms with Crippen molar-refractivity contribution < 1.29 is 18.4 Å². The SMILES string of the molecule is O=C(CCc1ccco1)Nc1cc2c(cc1F)NC(=O)CC2. The average Bonchev–Trinajstić information content (AvgIpc) is 2.99. The van der Waals surface area contributed by atoms with Gasteiger partial charge >= 0.3 is 0 Å². The number of hydrogen-bond donors (Lipinski definition) is 2. The lowest BCUT2D eigenvalue weighted by Gasteiger charge is -2.18. The molecule has 1 aliphatic heterocycles. The van der Waals surface area contributed by atoms with Crippen LogP contribution in [-0.2, 0) is 22.4 Å². The monoisotopic (exact) mass is 302 g/mol. The Morgan fingerprint density at radius 2 is 2.23 bits per heavy atom. The van der Waals surface area contributed by atoms with Crippen molar-refractivity contribution in [3.63, 3.8) is 0 Å². The van der Waals surface area contributed by atoms with Crippen molar-refractivity contribution in [3.8, 4) is 0 Å². The molecule has 2 aromatic rings. The van der Waals surface area contributed by atoms with Crippen molar-refractivity contribution in [2.75, 3.05) is 10.6 Å². The Hall–Kier alpha value is -2.63. The fraction of sp³-hybridized carbons (Fsp3) is 0.250. The van der Waals surface area contributed by atoms with Crippen LogP contribution in [0.1, 0.15) is 24.2 Å². The standard InChI is InChI=1S/C16H15FN2O3/c17-12-9-13-10(3-5-15(20)18-13)8-14(12)19-16(21)6-4-11-2-1-7-22-11/h1-2,7-9H,3-6H2,(H,18,20)(H,19,21). The van der Waals surface area contributed by atoms with Crippen LogP contribution in [0.15, 0.2) is 34.9 Å². The van der Waals surface area contributed by atoms with Gasteiger partial charge in [-0.15, -0.1) is 0 Å². The predicted octanol–water partition coefficient (Wildman–Crippen LogP) is 2.87. The first-order valence-corrected chi connectivity index (χ1v) is 7.06. The minimum Gasteiger partial charge on any atom is -0.469 e. The Kier molecular flexibility index (Phi) is 3.91. The van der Waals surface area contributed by atoms with E-state index < -0.39 is 5.82 Å². The molecule has 0 fully saturated rings. The van der Waals surface area contributed by atoms with Gasteiger partial charge in [-0.2, -0.15) is 0 Å². The number of nitrogens with one attached hydrogen (secondary N) is 2. The summed E-state index contributed by atoms with van der Waals surface area (Å²) in [5, 5.41) is 5.19. The highest BCUT2D eigenvalue weighted by Gasteiger charge is 2.18. The van der Waals surface area contributed by atoms with Gasteiger partial charge in [-0.3, -0.25) is 9.59 Å². The second-order valence-corrected chi connectivity index (χ2v) is 5.16. The van der Waals surface area contributed by atoms with Crippen LogP contribution in [0.5, 0.6) is 0 Å². The molecule has 2 amide bonds. The maximum absolute atomic E-state index is 14.0. The van der Waals surface area contributed by atoms with Crippen molar-refractivity contribution in [2.45, 2.75) is 25.7 Å². The Labute approximate surface area is 126 Å². The molecule has 114 valence electrons. The van der Waals surface area contributed by atoms with E-state index in [2.05, 4.69) is 10.6 Å². The number of amides is 2. The number of hydrogen-bond acceptors (Lipinski definition) is 3. The molecule has 0 atom stereocenters. The molecule has 0 aliphatic carbocycles. The largest absolute Gasteiger partial charge is 0.469 e. The number of aryl methyl sites for hydroxylation is 2. The normalized spacial score (nSPS) is 13.4. The fourth-order valence-electron chi connectivity index (χ4n) is 2.40. The first-order valence-electron chi connectivity index (χ1n) is 7.06. The molecule has 1 aromatic carbocycles. The minimum atomic E-state index is -0.563. The van der Waals surface area contributed by atoms with Crippen LogP contribution in [0.3, 0.4) is 0 Å². The van der Waals surface area contributed by atoms with Crippen LogP contribution in [0.25, 0.3) is 0 Å². The number of carbonyl (C=O) groups excluding carboxylic acids is 2. The van der Waals surface area contributed by atoms with Gasteiger partial charge in [0.15, 0.2) is 0 Å². The third kappa shape index (κ3) is 3.16. The number of rotatable bonds is 4. The van der Waals surface area contributed by atoms with E-state index in [1.807, 2.05) is 0 Å². The molecule has 22 heavy (non-hydrogen) atoms. The number of furan rings is 1. The molecular weight excluding hydrogens is 287 g/mol.